The van der Waals surface area contributed by atoms with Crippen molar-refractivity contribution in [1.82, 2.24) is 4.90 Å². The summed E-state index contributed by atoms with van der Waals surface area (Å²) in [5.74, 6) is 0. The number of aliphatic hydroxyl groups is 2. The highest BCUT2D eigenvalue weighted by molar-refractivity contribution is 4.79. The van der Waals surface area contributed by atoms with Gasteiger partial charge in [0, 0.05) is 19.7 Å². The fourth-order valence-corrected chi connectivity index (χ4v) is 3.02. The van der Waals surface area contributed by atoms with Crippen molar-refractivity contribution in [2.75, 3.05) is 33.4 Å². The van der Waals surface area contributed by atoms with E-state index in [1.165, 1.54) is 19.3 Å². The van der Waals surface area contributed by atoms with E-state index in [-0.39, 0.29) is 12.2 Å². The minimum absolute atomic E-state index is 0.00189. The molecule has 1 aliphatic heterocycles. The number of hydrogen-bond donors (Lipinski definition) is 2. The van der Waals surface area contributed by atoms with Gasteiger partial charge in [0.1, 0.15) is 0 Å². The van der Waals surface area contributed by atoms with Gasteiger partial charge >= 0.3 is 0 Å². The van der Waals surface area contributed by atoms with Crippen LogP contribution in [0.2, 0.25) is 0 Å². The molecule has 2 N–H and O–H groups in total. The van der Waals surface area contributed by atoms with Crippen LogP contribution in [0.5, 0.6) is 0 Å². The third-order valence-corrected chi connectivity index (χ3v) is 4.03. The van der Waals surface area contributed by atoms with Crippen LogP contribution in [-0.4, -0.2) is 72.9 Å². The van der Waals surface area contributed by atoms with E-state index in [1.807, 2.05) is 13.8 Å². The molecule has 0 aliphatic carbocycles. The largest absolute Gasteiger partial charge is 0.393 e. The number of aliphatic hydroxyl groups excluding tert-OH is 2. The molecular formula is C16H33NO4. The zero-order valence-corrected chi connectivity index (χ0v) is 13.8. The van der Waals surface area contributed by atoms with Gasteiger partial charge in [-0.15, -0.1) is 0 Å². The lowest BCUT2D eigenvalue weighted by Gasteiger charge is -2.32. The molecule has 5 heteroatoms. The Morgan fingerprint density at radius 3 is 2.57 bits per heavy atom. The normalized spacial score (nSPS) is 25.3. The second-order valence-electron chi connectivity index (χ2n) is 6.34. The smallest absolute Gasteiger partial charge is 0.0900 e. The van der Waals surface area contributed by atoms with Gasteiger partial charge in [-0.3, -0.25) is 4.90 Å². The number of nitrogens with zero attached hydrogens (tertiary/aromatic N) is 1. The summed E-state index contributed by atoms with van der Waals surface area (Å²) in [4.78, 5) is 2.33. The standard InChI is InChI=1S/C16H33NO4/c1-13(18)9-15-7-5-4-6-8-17(15)10-16(19)12-21-14(2)11-20-3/h13-16,18-19H,4-12H2,1-3H3. The van der Waals surface area contributed by atoms with Gasteiger partial charge < -0.3 is 19.7 Å². The molecule has 4 atom stereocenters. The molecule has 1 fully saturated rings. The monoisotopic (exact) mass is 303 g/mol. The molecule has 0 aromatic rings. The SMILES string of the molecule is COCC(C)OCC(O)CN1CCCCCC1CC(C)O. The summed E-state index contributed by atoms with van der Waals surface area (Å²) in [5.41, 5.74) is 0. The maximum atomic E-state index is 10.2. The first-order valence-electron chi connectivity index (χ1n) is 8.23. The quantitative estimate of drug-likeness (QED) is 0.674. The van der Waals surface area contributed by atoms with Gasteiger partial charge in [0.25, 0.3) is 0 Å². The number of β-amino-alcohol motifs (C(OH)–C–C–N with tert-alkyl or cyclic N) is 1. The highest BCUT2D eigenvalue weighted by atomic mass is 16.5. The van der Waals surface area contributed by atoms with Crippen LogP contribution in [0.15, 0.2) is 0 Å². The summed E-state index contributed by atoms with van der Waals surface area (Å²) in [6, 6.07) is 0.374. The molecule has 0 radical (unpaired) electrons. The van der Waals surface area contributed by atoms with Gasteiger partial charge in [0.15, 0.2) is 0 Å². The fraction of sp³-hybridized carbons (Fsp3) is 1.00. The van der Waals surface area contributed by atoms with Crippen molar-refractivity contribution < 1.29 is 19.7 Å². The van der Waals surface area contributed by atoms with Crippen LogP contribution < -0.4 is 0 Å². The predicted octanol–water partition coefficient (Wildman–Crippen LogP) is 1.41. The lowest BCUT2D eigenvalue weighted by Crippen LogP contribution is -2.43. The molecule has 5 nitrogen and oxygen atoms in total. The Kier molecular flexibility index (Phi) is 9.44. The number of rotatable bonds is 9. The Labute approximate surface area is 129 Å². The molecule has 0 aromatic heterocycles. The van der Waals surface area contributed by atoms with E-state index < -0.39 is 6.10 Å². The zero-order valence-electron chi connectivity index (χ0n) is 13.8. The van der Waals surface area contributed by atoms with Crippen molar-refractivity contribution in [1.29, 1.82) is 0 Å². The van der Waals surface area contributed by atoms with Gasteiger partial charge in [0.05, 0.1) is 31.5 Å². The summed E-state index contributed by atoms with van der Waals surface area (Å²) in [5, 5.41) is 19.8. The topological polar surface area (TPSA) is 62.2 Å². The maximum Gasteiger partial charge on any atom is 0.0900 e. The minimum atomic E-state index is -0.487. The Balaban J connectivity index is 2.40. The van der Waals surface area contributed by atoms with E-state index in [1.54, 1.807) is 7.11 Å². The van der Waals surface area contributed by atoms with Crippen LogP contribution >= 0.6 is 0 Å². The first-order valence-corrected chi connectivity index (χ1v) is 8.23. The lowest BCUT2D eigenvalue weighted by molar-refractivity contribution is -0.0441. The van der Waals surface area contributed by atoms with E-state index in [9.17, 15) is 10.2 Å². The summed E-state index contributed by atoms with van der Waals surface area (Å²) >= 11 is 0. The average molecular weight is 303 g/mol. The van der Waals surface area contributed by atoms with Gasteiger partial charge in [-0.2, -0.15) is 0 Å². The highest BCUT2D eigenvalue weighted by Crippen LogP contribution is 2.20. The van der Waals surface area contributed by atoms with Crippen molar-refractivity contribution in [2.45, 2.75) is 70.3 Å². The molecule has 0 bridgehead atoms. The molecule has 0 spiro atoms. The van der Waals surface area contributed by atoms with Crippen LogP contribution in [0.25, 0.3) is 0 Å². The molecule has 1 saturated heterocycles. The van der Waals surface area contributed by atoms with E-state index in [0.717, 1.165) is 19.4 Å². The Morgan fingerprint density at radius 2 is 1.90 bits per heavy atom. The third kappa shape index (κ3) is 8.12. The molecule has 0 amide bonds. The van der Waals surface area contributed by atoms with E-state index >= 15 is 0 Å². The van der Waals surface area contributed by atoms with E-state index in [4.69, 9.17) is 9.47 Å². The van der Waals surface area contributed by atoms with Gasteiger partial charge in [0.2, 0.25) is 0 Å². The van der Waals surface area contributed by atoms with E-state index in [0.29, 0.717) is 25.8 Å². The van der Waals surface area contributed by atoms with E-state index in [2.05, 4.69) is 4.90 Å². The molecule has 1 rings (SSSR count). The first-order chi connectivity index (χ1) is 10.0. The molecular weight excluding hydrogens is 270 g/mol. The van der Waals surface area contributed by atoms with Crippen LogP contribution in [0.1, 0.15) is 46.0 Å². The lowest BCUT2D eigenvalue weighted by atomic mass is 10.0. The van der Waals surface area contributed by atoms with Crippen LogP contribution in [0.3, 0.4) is 0 Å². The average Bonchev–Trinajstić information content (AvgIpc) is 2.62. The number of methoxy groups -OCH3 is 1. The third-order valence-electron chi connectivity index (χ3n) is 4.03. The summed E-state index contributed by atoms with van der Waals surface area (Å²) < 4.78 is 10.6. The summed E-state index contributed by atoms with van der Waals surface area (Å²) in [6.45, 7) is 6.29. The first kappa shape index (κ1) is 18.8. The minimum Gasteiger partial charge on any atom is -0.393 e. The van der Waals surface area contributed by atoms with Crippen molar-refractivity contribution in [3.05, 3.63) is 0 Å². The van der Waals surface area contributed by atoms with Crippen molar-refractivity contribution in [2.24, 2.45) is 0 Å². The fourth-order valence-electron chi connectivity index (χ4n) is 3.02. The van der Waals surface area contributed by atoms with Crippen molar-refractivity contribution in [3.63, 3.8) is 0 Å². The molecule has 1 heterocycles. The van der Waals surface area contributed by atoms with Crippen molar-refractivity contribution >= 4 is 0 Å². The van der Waals surface area contributed by atoms with Crippen LogP contribution in [-0.2, 0) is 9.47 Å². The number of ether oxygens (including phenoxy) is 2. The predicted molar refractivity (Wildman–Crippen MR) is 83.4 cm³/mol. The highest BCUT2D eigenvalue weighted by Gasteiger charge is 2.24. The second-order valence-corrected chi connectivity index (χ2v) is 6.34. The Morgan fingerprint density at radius 1 is 1.14 bits per heavy atom. The molecule has 4 unspecified atom stereocenters. The molecule has 1 aliphatic rings. The second kappa shape index (κ2) is 10.5. The van der Waals surface area contributed by atoms with Gasteiger partial charge in [-0.05, 0) is 39.7 Å². The van der Waals surface area contributed by atoms with Crippen molar-refractivity contribution in [3.8, 4) is 0 Å². The number of hydrogen-bond acceptors (Lipinski definition) is 5. The van der Waals surface area contributed by atoms with Crippen LogP contribution in [0.4, 0.5) is 0 Å². The molecule has 0 aromatic carbocycles. The zero-order chi connectivity index (χ0) is 15.7. The maximum absolute atomic E-state index is 10.2. The summed E-state index contributed by atoms with van der Waals surface area (Å²) in [7, 11) is 1.65. The molecule has 21 heavy (non-hydrogen) atoms. The Hall–Kier alpha value is -0.200. The molecule has 126 valence electrons. The Bertz CT molecular complexity index is 263. The molecule has 0 saturated carbocycles. The number of likely N-dealkylation sites (tertiary alicyclic amines) is 1. The summed E-state index contributed by atoms with van der Waals surface area (Å²) in [6.07, 6.45) is 4.75. The van der Waals surface area contributed by atoms with Gasteiger partial charge in [-0.1, -0.05) is 12.8 Å². The van der Waals surface area contributed by atoms with Crippen LogP contribution in [0, 0.1) is 0 Å². The van der Waals surface area contributed by atoms with Gasteiger partial charge in [-0.25, -0.2) is 0 Å².